The number of benzene rings is 2. The molecule has 1 unspecified atom stereocenters. The Balaban J connectivity index is 1.58. The molecular weight excluding hydrogens is 399 g/mol. The lowest BCUT2D eigenvalue weighted by atomic mass is 9.92. The Kier molecular flexibility index (Phi) is 4.58. The van der Waals surface area contributed by atoms with Crippen LogP contribution in [0.4, 0.5) is 9.18 Å². The molecule has 2 heterocycles. The predicted octanol–water partition coefficient (Wildman–Crippen LogP) is 2.73. The van der Waals surface area contributed by atoms with Crippen molar-refractivity contribution in [2.24, 2.45) is 0 Å². The molecule has 2 N–H and O–H groups in total. The summed E-state index contributed by atoms with van der Waals surface area (Å²) in [5.41, 5.74) is -0.859. The molecule has 0 aliphatic carbocycles. The molecule has 1 aromatic heterocycles. The predicted molar refractivity (Wildman–Crippen MR) is 105 cm³/mol. The lowest BCUT2D eigenvalue weighted by Crippen LogP contribution is -2.41. The van der Waals surface area contributed by atoms with E-state index in [1.54, 1.807) is 24.3 Å². The Morgan fingerprint density at radius 1 is 1.17 bits per heavy atom. The van der Waals surface area contributed by atoms with E-state index in [2.05, 4.69) is 15.3 Å². The number of para-hydroxylation sites is 1. The van der Waals surface area contributed by atoms with E-state index in [9.17, 15) is 18.8 Å². The number of hydrogen-bond acceptors (Lipinski definition) is 4. The molecule has 3 aromatic rings. The summed E-state index contributed by atoms with van der Waals surface area (Å²) in [4.78, 5) is 45.7. The van der Waals surface area contributed by atoms with E-state index in [1.807, 2.05) is 0 Å². The minimum atomic E-state index is -1.41. The number of halogens is 2. The first-order valence-electron chi connectivity index (χ1n) is 8.87. The minimum Gasteiger partial charge on any atom is -0.319 e. The largest absolute Gasteiger partial charge is 0.325 e. The maximum absolute atomic E-state index is 13.4. The van der Waals surface area contributed by atoms with Crippen LogP contribution in [-0.4, -0.2) is 33.4 Å². The van der Waals surface area contributed by atoms with Gasteiger partial charge in [-0.05, 0) is 31.2 Å². The van der Waals surface area contributed by atoms with Crippen LogP contribution in [0.3, 0.4) is 0 Å². The molecule has 0 spiro atoms. The minimum absolute atomic E-state index is 0.0142. The van der Waals surface area contributed by atoms with Crippen molar-refractivity contribution in [2.45, 2.75) is 18.9 Å². The maximum Gasteiger partial charge on any atom is 0.325 e. The van der Waals surface area contributed by atoms with Gasteiger partial charge >= 0.3 is 6.03 Å². The van der Waals surface area contributed by atoms with Gasteiger partial charge in [0.05, 0.1) is 10.9 Å². The van der Waals surface area contributed by atoms with Crippen LogP contribution in [0.2, 0.25) is 5.02 Å². The molecule has 3 amide bonds. The van der Waals surface area contributed by atoms with Gasteiger partial charge in [-0.15, -0.1) is 0 Å². The number of fused-ring (bicyclic) bond motifs is 1. The van der Waals surface area contributed by atoms with Crippen LogP contribution >= 0.6 is 11.6 Å². The average Bonchev–Trinajstić information content (AvgIpc) is 2.89. The van der Waals surface area contributed by atoms with Gasteiger partial charge in [0.25, 0.3) is 11.5 Å². The van der Waals surface area contributed by atoms with Crippen molar-refractivity contribution in [2.75, 3.05) is 6.54 Å². The SMILES string of the molecule is CC1(c2ccc(F)cc2Cl)NC(=O)N(CCc2nc3ccccc3c(=O)[nH]2)C1=O. The average molecular weight is 415 g/mol. The fraction of sp³-hybridized carbons (Fsp3) is 0.200. The van der Waals surface area contributed by atoms with Crippen molar-refractivity contribution in [3.8, 4) is 0 Å². The molecule has 9 heteroatoms. The number of hydrogen-bond donors (Lipinski definition) is 2. The van der Waals surface area contributed by atoms with Crippen molar-refractivity contribution < 1.29 is 14.0 Å². The molecule has 2 aromatic carbocycles. The molecule has 0 radical (unpaired) electrons. The molecule has 4 rings (SSSR count). The topological polar surface area (TPSA) is 95.2 Å². The number of amides is 3. The number of nitrogens with one attached hydrogen (secondary N) is 2. The Labute approximate surface area is 169 Å². The third kappa shape index (κ3) is 3.25. The first-order valence-corrected chi connectivity index (χ1v) is 9.25. The number of imide groups is 1. The fourth-order valence-corrected chi connectivity index (χ4v) is 3.80. The van der Waals surface area contributed by atoms with Gasteiger partial charge in [-0.2, -0.15) is 0 Å². The van der Waals surface area contributed by atoms with Gasteiger partial charge in [0.15, 0.2) is 0 Å². The van der Waals surface area contributed by atoms with E-state index in [4.69, 9.17) is 11.6 Å². The molecule has 148 valence electrons. The van der Waals surface area contributed by atoms with Gasteiger partial charge in [0.2, 0.25) is 0 Å². The fourth-order valence-electron chi connectivity index (χ4n) is 3.45. The Hall–Kier alpha value is -3.26. The van der Waals surface area contributed by atoms with Gasteiger partial charge in [0, 0.05) is 23.6 Å². The molecule has 1 saturated heterocycles. The Morgan fingerprint density at radius 2 is 1.93 bits per heavy atom. The van der Waals surface area contributed by atoms with Gasteiger partial charge in [-0.25, -0.2) is 14.2 Å². The van der Waals surface area contributed by atoms with Crippen molar-refractivity contribution in [1.82, 2.24) is 20.2 Å². The van der Waals surface area contributed by atoms with Gasteiger partial charge in [-0.1, -0.05) is 29.8 Å². The summed E-state index contributed by atoms with van der Waals surface area (Å²) in [6.07, 6.45) is 0.173. The number of carbonyl (C=O) groups excluding carboxylic acids is 2. The number of carbonyl (C=O) groups is 2. The van der Waals surface area contributed by atoms with Crippen LogP contribution in [0.5, 0.6) is 0 Å². The number of nitrogens with zero attached hydrogens (tertiary/aromatic N) is 2. The molecule has 1 aliphatic rings. The number of H-pyrrole nitrogens is 1. The first-order chi connectivity index (χ1) is 13.8. The quantitative estimate of drug-likeness (QED) is 0.642. The molecule has 0 bridgehead atoms. The van der Waals surface area contributed by atoms with E-state index in [0.717, 1.165) is 11.0 Å². The second-order valence-corrected chi connectivity index (χ2v) is 7.32. The zero-order valence-corrected chi connectivity index (χ0v) is 16.1. The summed E-state index contributed by atoms with van der Waals surface area (Å²) in [6, 6.07) is 9.95. The number of aromatic nitrogens is 2. The summed E-state index contributed by atoms with van der Waals surface area (Å²) >= 11 is 6.09. The highest BCUT2D eigenvalue weighted by Crippen LogP contribution is 2.34. The van der Waals surface area contributed by atoms with Crippen molar-refractivity contribution in [3.63, 3.8) is 0 Å². The summed E-state index contributed by atoms with van der Waals surface area (Å²) in [6.45, 7) is 1.53. The van der Waals surface area contributed by atoms with E-state index in [1.165, 1.54) is 19.1 Å². The number of urea groups is 1. The zero-order chi connectivity index (χ0) is 20.8. The first kappa shape index (κ1) is 19.1. The number of rotatable bonds is 4. The highest BCUT2D eigenvalue weighted by molar-refractivity contribution is 6.32. The maximum atomic E-state index is 13.4. The van der Waals surface area contributed by atoms with Crippen LogP contribution in [0.15, 0.2) is 47.3 Å². The molecular formula is C20H16ClFN4O3. The number of aromatic amines is 1. The molecule has 1 fully saturated rings. The van der Waals surface area contributed by atoms with Gasteiger partial charge in [-0.3, -0.25) is 14.5 Å². The second-order valence-electron chi connectivity index (χ2n) is 6.92. The van der Waals surface area contributed by atoms with Crippen LogP contribution < -0.4 is 10.9 Å². The van der Waals surface area contributed by atoms with E-state index < -0.39 is 23.3 Å². The zero-order valence-electron chi connectivity index (χ0n) is 15.3. The summed E-state index contributed by atoms with van der Waals surface area (Å²) in [5, 5.41) is 3.13. The van der Waals surface area contributed by atoms with Gasteiger partial charge < -0.3 is 10.3 Å². The van der Waals surface area contributed by atoms with Crippen LogP contribution in [0.1, 0.15) is 18.3 Å². The van der Waals surface area contributed by atoms with Crippen LogP contribution in [-0.2, 0) is 16.8 Å². The summed E-state index contributed by atoms with van der Waals surface area (Å²) in [7, 11) is 0. The van der Waals surface area contributed by atoms with E-state index in [-0.39, 0.29) is 23.5 Å². The third-order valence-electron chi connectivity index (χ3n) is 4.98. The normalized spacial score (nSPS) is 19.1. The Bertz CT molecular complexity index is 1210. The van der Waals surface area contributed by atoms with E-state index >= 15 is 0 Å². The van der Waals surface area contributed by atoms with Crippen molar-refractivity contribution in [3.05, 3.63) is 75.0 Å². The summed E-state index contributed by atoms with van der Waals surface area (Å²) < 4.78 is 13.4. The molecule has 1 atom stereocenters. The standard InChI is InChI=1S/C20H16ClFN4O3/c1-20(13-7-6-11(22)10-14(13)21)18(28)26(19(29)25-20)9-8-16-23-15-5-3-2-4-12(15)17(27)24-16/h2-7,10H,8-9H2,1H3,(H,25,29)(H,23,24,27). The van der Waals surface area contributed by atoms with Gasteiger partial charge in [0.1, 0.15) is 17.2 Å². The monoisotopic (exact) mass is 414 g/mol. The highest BCUT2D eigenvalue weighted by atomic mass is 35.5. The van der Waals surface area contributed by atoms with E-state index in [0.29, 0.717) is 22.3 Å². The van der Waals surface area contributed by atoms with Crippen molar-refractivity contribution in [1.29, 1.82) is 0 Å². The van der Waals surface area contributed by atoms with Crippen LogP contribution in [0, 0.1) is 5.82 Å². The third-order valence-corrected chi connectivity index (χ3v) is 5.29. The molecule has 1 aliphatic heterocycles. The Morgan fingerprint density at radius 3 is 2.69 bits per heavy atom. The lowest BCUT2D eigenvalue weighted by Gasteiger charge is -2.23. The molecule has 0 saturated carbocycles. The second kappa shape index (κ2) is 6.97. The molecule has 7 nitrogen and oxygen atoms in total. The molecule has 29 heavy (non-hydrogen) atoms. The van der Waals surface area contributed by atoms with Crippen LogP contribution in [0.25, 0.3) is 10.9 Å². The summed E-state index contributed by atoms with van der Waals surface area (Å²) in [5.74, 6) is -0.691. The smallest absolute Gasteiger partial charge is 0.319 e. The van der Waals surface area contributed by atoms with Crippen molar-refractivity contribution >= 4 is 34.4 Å². The lowest BCUT2D eigenvalue weighted by molar-refractivity contribution is -0.131. The highest BCUT2D eigenvalue weighted by Gasteiger charge is 2.49.